The van der Waals surface area contributed by atoms with E-state index in [1.165, 1.54) is 0 Å². The predicted molar refractivity (Wildman–Crippen MR) is 111 cm³/mol. The fraction of sp³-hybridized carbons (Fsp3) is 0.500. The van der Waals surface area contributed by atoms with Gasteiger partial charge in [-0.25, -0.2) is 0 Å². The van der Waals surface area contributed by atoms with Crippen LogP contribution in [0.2, 0.25) is 10.0 Å². The largest absolute Gasteiger partial charge is 0.382 e. The Morgan fingerprint density at radius 3 is 2.46 bits per heavy atom. The number of ether oxygens (including phenoxy) is 3. The van der Waals surface area contributed by atoms with Gasteiger partial charge in [0.05, 0.1) is 49.2 Å². The Balaban J connectivity index is 1.69. The summed E-state index contributed by atoms with van der Waals surface area (Å²) in [5.41, 5.74) is 6.95. The zero-order valence-electron chi connectivity index (χ0n) is 16.0. The Labute approximate surface area is 174 Å². The Kier molecular flexibility index (Phi) is 9.66. The molecule has 3 N–H and O–H groups in total. The minimum absolute atomic E-state index is 0.208. The summed E-state index contributed by atoms with van der Waals surface area (Å²) in [5, 5.41) is 11.9. The summed E-state index contributed by atoms with van der Waals surface area (Å²) >= 11 is 12.2. The SMILES string of the molecule is CC(C)OCCOCCOCCNc1nnc(-c2cccc(Cl)c2Cl)c(N)n1. The number of hydrogen-bond acceptors (Lipinski definition) is 8. The maximum Gasteiger partial charge on any atom is 0.244 e. The van der Waals surface area contributed by atoms with Crippen molar-refractivity contribution in [1.29, 1.82) is 0 Å². The van der Waals surface area contributed by atoms with Crippen LogP contribution in [0.4, 0.5) is 11.8 Å². The highest BCUT2D eigenvalue weighted by Crippen LogP contribution is 2.34. The van der Waals surface area contributed by atoms with Gasteiger partial charge in [0, 0.05) is 12.1 Å². The zero-order chi connectivity index (χ0) is 20.4. The number of aromatic nitrogens is 3. The molecule has 0 radical (unpaired) electrons. The van der Waals surface area contributed by atoms with Crippen molar-refractivity contribution in [2.24, 2.45) is 0 Å². The summed E-state index contributed by atoms with van der Waals surface area (Å²) in [6.45, 7) is 7.11. The number of hydrogen-bond donors (Lipinski definition) is 2. The predicted octanol–water partition coefficient (Wildman–Crippen LogP) is 3.30. The lowest BCUT2D eigenvalue weighted by Crippen LogP contribution is -2.16. The third-order valence-electron chi connectivity index (χ3n) is 3.50. The fourth-order valence-corrected chi connectivity index (χ4v) is 2.58. The van der Waals surface area contributed by atoms with E-state index < -0.39 is 0 Å². The van der Waals surface area contributed by atoms with Gasteiger partial charge in [-0.2, -0.15) is 4.98 Å². The smallest absolute Gasteiger partial charge is 0.244 e. The molecule has 0 fully saturated rings. The van der Waals surface area contributed by atoms with Crippen LogP contribution in [0, 0.1) is 0 Å². The van der Waals surface area contributed by atoms with Gasteiger partial charge in [-0.1, -0.05) is 35.3 Å². The van der Waals surface area contributed by atoms with Crippen LogP contribution in [-0.2, 0) is 14.2 Å². The molecule has 1 aromatic carbocycles. The van der Waals surface area contributed by atoms with Gasteiger partial charge < -0.3 is 25.3 Å². The third-order valence-corrected chi connectivity index (χ3v) is 4.32. The van der Waals surface area contributed by atoms with Gasteiger partial charge in [-0.05, 0) is 19.9 Å². The van der Waals surface area contributed by atoms with Crippen molar-refractivity contribution >= 4 is 35.0 Å². The van der Waals surface area contributed by atoms with Crippen molar-refractivity contribution in [3.05, 3.63) is 28.2 Å². The second-order valence-corrected chi connectivity index (χ2v) is 6.83. The van der Waals surface area contributed by atoms with Crippen LogP contribution in [0.3, 0.4) is 0 Å². The van der Waals surface area contributed by atoms with E-state index in [2.05, 4.69) is 20.5 Å². The molecule has 154 valence electrons. The highest BCUT2D eigenvalue weighted by Gasteiger charge is 2.13. The van der Waals surface area contributed by atoms with Crippen molar-refractivity contribution in [1.82, 2.24) is 15.2 Å². The molecule has 0 atom stereocenters. The minimum Gasteiger partial charge on any atom is -0.382 e. The minimum atomic E-state index is 0.208. The summed E-state index contributed by atoms with van der Waals surface area (Å²) in [5.74, 6) is 0.518. The molecular formula is C18H25Cl2N5O3. The Bertz CT molecular complexity index is 749. The van der Waals surface area contributed by atoms with Crippen molar-refractivity contribution in [3.8, 4) is 11.3 Å². The van der Waals surface area contributed by atoms with Crippen molar-refractivity contribution in [2.45, 2.75) is 20.0 Å². The van der Waals surface area contributed by atoms with Gasteiger partial charge in [0.2, 0.25) is 5.95 Å². The van der Waals surface area contributed by atoms with Crippen LogP contribution < -0.4 is 11.1 Å². The molecule has 1 aromatic heterocycles. The Morgan fingerprint density at radius 1 is 1.04 bits per heavy atom. The number of halogens is 2. The maximum absolute atomic E-state index is 6.19. The first-order valence-electron chi connectivity index (χ1n) is 8.94. The zero-order valence-corrected chi connectivity index (χ0v) is 17.5. The summed E-state index contributed by atoms with van der Waals surface area (Å²) in [4.78, 5) is 4.20. The summed E-state index contributed by atoms with van der Waals surface area (Å²) < 4.78 is 16.2. The van der Waals surface area contributed by atoms with Gasteiger partial charge in [0.1, 0.15) is 5.69 Å². The van der Waals surface area contributed by atoms with E-state index in [4.69, 9.17) is 43.1 Å². The number of anilines is 2. The first-order chi connectivity index (χ1) is 13.5. The Hall–Kier alpha value is -1.71. The van der Waals surface area contributed by atoms with Crippen LogP contribution in [0.15, 0.2) is 18.2 Å². The molecule has 2 rings (SSSR count). The van der Waals surface area contributed by atoms with Crippen molar-refractivity contribution in [3.63, 3.8) is 0 Å². The van der Waals surface area contributed by atoms with Gasteiger partial charge in [-0.3, -0.25) is 0 Å². The summed E-state index contributed by atoms with van der Waals surface area (Å²) in [7, 11) is 0. The molecule has 0 aliphatic rings. The van der Waals surface area contributed by atoms with Crippen LogP contribution in [0.1, 0.15) is 13.8 Å². The molecule has 0 saturated carbocycles. The number of nitrogens with one attached hydrogen (secondary N) is 1. The molecule has 2 aromatic rings. The van der Waals surface area contributed by atoms with Gasteiger partial charge >= 0.3 is 0 Å². The van der Waals surface area contributed by atoms with Gasteiger partial charge in [0.15, 0.2) is 5.82 Å². The number of nitrogens with two attached hydrogens (primary N) is 1. The highest BCUT2D eigenvalue weighted by molar-refractivity contribution is 6.43. The molecule has 10 heteroatoms. The monoisotopic (exact) mass is 429 g/mol. The summed E-state index contributed by atoms with van der Waals surface area (Å²) in [6, 6.07) is 5.20. The second kappa shape index (κ2) is 12.0. The van der Waals surface area contributed by atoms with E-state index in [-0.39, 0.29) is 11.9 Å². The van der Waals surface area contributed by atoms with Crippen LogP contribution in [-0.4, -0.2) is 60.9 Å². The fourth-order valence-electron chi connectivity index (χ4n) is 2.19. The molecule has 8 nitrogen and oxygen atoms in total. The molecule has 1 heterocycles. The molecule has 0 aliphatic heterocycles. The molecule has 0 amide bonds. The standard InChI is InChI=1S/C18H25Cl2N5O3/c1-12(2)28-11-10-27-9-8-26-7-6-22-18-23-17(21)16(24-25-18)13-4-3-5-14(19)15(13)20/h3-5,12H,6-11H2,1-2H3,(H3,21,22,23,25). The summed E-state index contributed by atoms with van der Waals surface area (Å²) in [6.07, 6.45) is 0.216. The Morgan fingerprint density at radius 2 is 1.75 bits per heavy atom. The molecule has 0 aliphatic carbocycles. The molecule has 0 unspecified atom stereocenters. The van der Waals surface area contributed by atoms with E-state index >= 15 is 0 Å². The van der Waals surface area contributed by atoms with Crippen LogP contribution in [0.25, 0.3) is 11.3 Å². The molecule has 0 bridgehead atoms. The van der Waals surface area contributed by atoms with E-state index in [0.29, 0.717) is 66.8 Å². The lowest BCUT2D eigenvalue weighted by atomic mass is 10.1. The molecular weight excluding hydrogens is 405 g/mol. The highest BCUT2D eigenvalue weighted by atomic mass is 35.5. The van der Waals surface area contributed by atoms with Crippen molar-refractivity contribution < 1.29 is 14.2 Å². The average Bonchev–Trinajstić information content (AvgIpc) is 2.66. The first-order valence-corrected chi connectivity index (χ1v) is 9.70. The van der Waals surface area contributed by atoms with Crippen LogP contribution in [0.5, 0.6) is 0 Å². The normalized spacial score (nSPS) is 11.2. The number of rotatable bonds is 12. The van der Waals surface area contributed by atoms with E-state index in [1.807, 2.05) is 13.8 Å². The van der Waals surface area contributed by atoms with Gasteiger partial charge in [-0.15, -0.1) is 10.2 Å². The number of nitrogen functional groups attached to an aromatic ring is 1. The first kappa shape index (κ1) is 22.6. The second-order valence-electron chi connectivity index (χ2n) is 6.04. The molecule has 28 heavy (non-hydrogen) atoms. The van der Waals surface area contributed by atoms with Gasteiger partial charge in [0.25, 0.3) is 0 Å². The van der Waals surface area contributed by atoms with Crippen LogP contribution >= 0.6 is 23.2 Å². The number of nitrogens with zero attached hydrogens (tertiary/aromatic N) is 3. The maximum atomic E-state index is 6.19. The third kappa shape index (κ3) is 7.37. The molecule has 0 saturated heterocycles. The quantitative estimate of drug-likeness (QED) is 0.495. The van der Waals surface area contributed by atoms with Crippen molar-refractivity contribution in [2.75, 3.05) is 50.6 Å². The average molecular weight is 430 g/mol. The topological polar surface area (TPSA) is 104 Å². The number of benzene rings is 1. The lowest BCUT2D eigenvalue weighted by molar-refractivity contribution is -0.000253. The van der Waals surface area contributed by atoms with E-state index in [0.717, 1.165) is 0 Å². The van der Waals surface area contributed by atoms with E-state index in [9.17, 15) is 0 Å². The van der Waals surface area contributed by atoms with E-state index in [1.54, 1.807) is 18.2 Å². The lowest BCUT2D eigenvalue weighted by Gasteiger charge is -2.10. The molecule has 0 spiro atoms.